The van der Waals surface area contributed by atoms with Crippen LogP contribution in [0.2, 0.25) is 0 Å². The topological polar surface area (TPSA) is 76.0 Å². The summed E-state index contributed by atoms with van der Waals surface area (Å²) in [4.78, 5) is 12.8. The van der Waals surface area contributed by atoms with Gasteiger partial charge < -0.3 is 19.7 Å². The lowest BCUT2D eigenvalue weighted by Crippen LogP contribution is -2.17. The van der Waals surface area contributed by atoms with Gasteiger partial charge in [0.15, 0.2) is 0 Å². The maximum absolute atomic E-state index is 12.8. The number of carbonyl (C=O) groups is 1. The van der Waals surface area contributed by atoms with Gasteiger partial charge in [0.1, 0.15) is 24.0 Å². The van der Waals surface area contributed by atoms with Crippen molar-refractivity contribution in [2.24, 2.45) is 5.92 Å². The molecule has 0 spiro atoms. The summed E-state index contributed by atoms with van der Waals surface area (Å²) in [7, 11) is 0. The molecule has 0 saturated carbocycles. The van der Waals surface area contributed by atoms with Gasteiger partial charge in [-0.15, -0.1) is 0 Å². The quantitative estimate of drug-likeness (QED) is 0.339. The number of hydrogen-bond donors (Lipinski definition) is 2. The molecule has 0 amide bonds. The first-order valence-electron chi connectivity index (χ1n) is 13.1. The first-order valence-corrected chi connectivity index (χ1v) is 13.1. The molecule has 0 aromatic heterocycles. The molecular weight excluding hydrogens is 452 g/mol. The normalized spacial score (nSPS) is 14.8. The molecule has 0 saturated heterocycles. The standard InChI is InChI=1S/C24H30O4.C5H12O.C2H6/c1-23(2,3)16-13-18-20(15-7-9-17(10-8-15)27-12-11-25)22(26)28-21(18)19(14-16)24(4,5)6;1-5(2)3-4-6;1-2/h7-10,13-14,20,25H,11-12H2,1-6H3;5-6H,3-4H2,1-2H3;1-2H3. The highest BCUT2D eigenvalue weighted by atomic mass is 16.5. The van der Waals surface area contributed by atoms with E-state index < -0.39 is 5.92 Å². The van der Waals surface area contributed by atoms with Crippen molar-refractivity contribution in [3.8, 4) is 11.5 Å². The van der Waals surface area contributed by atoms with Gasteiger partial charge >= 0.3 is 5.97 Å². The summed E-state index contributed by atoms with van der Waals surface area (Å²) in [6.07, 6.45) is 0.931. The average Bonchev–Trinajstić information content (AvgIpc) is 3.13. The lowest BCUT2D eigenvalue weighted by atomic mass is 9.77. The fraction of sp³-hybridized carbons (Fsp3) is 0.581. The minimum absolute atomic E-state index is 0.0325. The van der Waals surface area contributed by atoms with E-state index in [1.54, 1.807) is 0 Å². The molecule has 2 aromatic carbocycles. The van der Waals surface area contributed by atoms with Crippen LogP contribution in [0.5, 0.6) is 11.5 Å². The summed E-state index contributed by atoms with van der Waals surface area (Å²) in [6, 6.07) is 11.8. The van der Waals surface area contributed by atoms with E-state index in [-0.39, 0.29) is 30.0 Å². The zero-order chi connectivity index (χ0) is 27.7. The Hall–Kier alpha value is -2.37. The fourth-order valence-electron chi connectivity index (χ4n) is 3.75. The predicted molar refractivity (Wildman–Crippen MR) is 148 cm³/mol. The molecule has 0 fully saturated rings. The van der Waals surface area contributed by atoms with Gasteiger partial charge in [-0.25, -0.2) is 0 Å². The molecule has 1 aliphatic heterocycles. The molecule has 1 heterocycles. The van der Waals surface area contributed by atoms with Gasteiger partial charge in [-0.3, -0.25) is 4.79 Å². The summed E-state index contributed by atoms with van der Waals surface area (Å²) in [5, 5.41) is 17.1. The van der Waals surface area contributed by atoms with Crippen LogP contribution < -0.4 is 9.47 Å². The van der Waals surface area contributed by atoms with Gasteiger partial charge in [-0.1, -0.05) is 93.5 Å². The number of rotatable bonds is 6. The van der Waals surface area contributed by atoms with E-state index in [4.69, 9.17) is 19.7 Å². The molecule has 202 valence electrons. The number of carbonyl (C=O) groups excluding carboxylic acids is 1. The van der Waals surface area contributed by atoms with Crippen molar-refractivity contribution in [1.29, 1.82) is 0 Å². The van der Waals surface area contributed by atoms with Crippen molar-refractivity contribution in [2.75, 3.05) is 19.8 Å². The molecule has 5 heteroatoms. The Morgan fingerprint density at radius 1 is 0.917 bits per heavy atom. The largest absolute Gasteiger partial charge is 0.491 e. The Kier molecular flexibility index (Phi) is 12.1. The van der Waals surface area contributed by atoms with Gasteiger partial charge in [0.25, 0.3) is 0 Å². The maximum Gasteiger partial charge on any atom is 0.323 e. The highest BCUT2D eigenvalue weighted by molar-refractivity contribution is 5.90. The van der Waals surface area contributed by atoms with Crippen LogP contribution in [0.15, 0.2) is 36.4 Å². The van der Waals surface area contributed by atoms with Crippen LogP contribution in [0.1, 0.15) is 104 Å². The Morgan fingerprint density at radius 2 is 1.50 bits per heavy atom. The summed E-state index contributed by atoms with van der Waals surface area (Å²) in [5.41, 5.74) is 3.91. The van der Waals surface area contributed by atoms with Crippen molar-refractivity contribution in [2.45, 2.75) is 92.4 Å². The second-order valence-corrected chi connectivity index (χ2v) is 11.3. The molecule has 1 aliphatic rings. The highest BCUT2D eigenvalue weighted by Gasteiger charge is 2.39. The van der Waals surface area contributed by atoms with Crippen molar-refractivity contribution in [1.82, 2.24) is 0 Å². The van der Waals surface area contributed by atoms with E-state index in [9.17, 15) is 4.79 Å². The number of ether oxygens (including phenoxy) is 2. The van der Waals surface area contributed by atoms with E-state index >= 15 is 0 Å². The Bertz CT molecular complexity index is 947. The third-order valence-electron chi connectivity index (χ3n) is 5.82. The first-order chi connectivity index (χ1) is 16.8. The van der Waals surface area contributed by atoms with Gasteiger partial charge in [-0.05, 0) is 46.4 Å². The predicted octanol–water partition coefficient (Wildman–Crippen LogP) is 6.75. The van der Waals surface area contributed by atoms with Crippen molar-refractivity contribution in [3.63, 3.8) is 0 Å². The SMILES string of the molecule is CC.CC(C)(C)c1cc2c(c(C(C)(C)C)c1)OC(=O)C2c1ccc(OCCO)cc1.CC(C)CCO. The molecule has 2 aromatic rings. The maximum atomic E-state index is 12.8. The van der Waals surface area contributed by atoms with Crippen LogP contribution in [0.3, 0.4) is 0 Å². The third kappa shape index (κ3) is 8.63. The van der Waals surface area contributed by atoms with E-state index in [0.717, 1.165) is 23.1 Å². The number of aliphatic hydroxyl groups is 2. The molecule has 3 rings (SSSR count). The van der Waals surface area contributed by atoms with Crippen LogP contribution >= 0.6 is 0 Å². The third-order valence-corrected chi connectivity index (χ3v) is 5.82. The van der Waals surface area contributed by atoms with E-state index in [0.29, 0.717) is 24.0 Å². The molecule has 1 atom stereocenters. The Morgan fingerprint density at radius 3 is 1.92 bits per heavy atom. The number of hydrogen-bond acceptors (Lipinski definition) is 5. The monoisotopic (exact) mass is 500 g/mol. The lowest BCUT2D eigenvalue weighted by molar-refractivity contribution is -0.133. The first kappa shape index (κ1) is 31.7. The molecule has 0 bridgehead atoms. The van der Waals surface area contributed by atoms with Crippen LogP contribution in [0.25, 0.3) is 0 Å². The second-order valence-electron chi connectivity index (χ2n) is 11.3. The minimum Gasteiger partial charge on any atom is -0.491 e. The van der Waals surface area contributed by atoms with E-state index in [1.807, 2.05) is 38.1 Å². The molecular formula is C31H48O5. The summed E-state index contributed by atoms with van der Waals surface area (Å²) >= 11 is 0. The van der Waals surface area contributed by atoms with E-state index in [1.165, 1.54) is 5.56 Å². The smallest absolute Gasteiger partial charge is 0.323 e. The zero-order valence-corrected chi connectivity index (χ0v) is 24.1. The van der Waals surface area contributed by atoms with Gasteiger partial charge in [-0.2, -0.15) is 0 Å². The van der Waals surface area contributed by atoms with Crippen molar-refractivity contribution < 1.29 is 24.5 Å². The zero-order valence-electron chi connectivity index (χ0n) is 24.1. The average molecular weight is 501 g/mol. The number of aliphatic hydroxyl groups excluding tert-OH is 2. The lowest BCUT2D eigenvalue weighted by Gasteiger charge is -2.27. The highest BCUT2D eigenvalue weighted by Crippen LogP contribution is 2.47. The molecule has 36 heavy (non-hydrogen) atoms. The van der Waals surface area contributed by atoms with Gasteiger partial charge in [0.2, 0.25) is 0 Å². The fourth-order valence-corrected chi connectivity index (χ4v) is 3.75. The molecule has 2 N–H and O–H groups in total. The minimum atomic E-state index is -0.440. The molecule has 5 nitrogen and oxygen atoms in total. The second kappa shape index (κ2) is 13.8. The summed E-state index contributed by atoms with van der Waals surface area (Å²) < 4.78 is 11.2. The number of benzene rings is 2. The van der Waals surface area contributed by atoms with Crippen LogP contribution in [-0.4, -0.2) is 36.0 Å². The summed E-state index contributed by atoms with van der Waals surface area (Å²) in [6.45, 7) is 21.7. The van der Waals surface area contributed by atoms with Gasteiger partial charge in [0.05, 0.1) is 6.61 Å². The number of fused-ring (bicyclic) bond motifs is 1. The Labute approximate surface area is 218 Å². The Balaban J connectivity index is 0.000000710. The van der Waals surface area contributed by atoms with E-state index in [2.05, 4.69) is 67.5 Å². The summed E-state index contributed by atoms with van der Waals surface area (Å²) in [5.74, 6) is 1.34. The van der Waals surface area contributed by atoms with Crippen LogP contribution in [0.4, 0.5) is 0 Å². The van der Waals surface area contributed by atoms with Crippen LogP contribution in [0, 0.1) is 5.92 Å². The van der Waals surface area contributed by atoms with Gasteiger partial charge in [0, 0.05) is 17.7 Å². The van der Waals surface area contributed by atoms with Crippen molar-refractivity contribution >= 4 is 5.97 Å². The van der Waals surface area contributed by atoms with Crippen molar-refractivity contribution in [3.05, 3.63) is 58.7 Å². The molecule has 0 radical (unpaired) electrons. The molecule has 1 unspecified atom stereocenters. The number of esters is 1. The van der Waals surface area contributed by atoms with Crippen LogP contribution in [-0.2, 0) is 15.6 Å². The molecule has 0 aliphatic carbocycles.